The van der Waals surface area contributed by atoms with Crippen molar-refractivity contribution in [1.29, 1.82) is 0 Å². The van der Waals surface area contributed by atoms with Gasteiger partial charge in [-0.25, -0.2) is 4.57 Å². The number of phosphoric acid groups is 1. The van der Waals surface area contributed by atoms with Crippen LogP contribution in [0.15, 0.2) is 109 Å². The van der Waals surface area contributed by atoms with Crippen molar-refractivity contribution in [2.75, 3.05) is 26.4 Å². The van der Waals surface area contributed by atoms with E-state index in [9.17, 15) is 19.0 Å². The zero-order valence-corrected chi connectivity index (χ0v) is 58.1. The molecule has 0 bridgehead atoms. The highest BCUT2D eigenvalue weighted by atomic mass is 31.2. The van der Waals surface area contributed by atoms with Crippen LogP contribution in [0.1, 0.15) is 341 Å². The predicted molar refractivity (Wildman–Crippen MR) is 381 cm³/mol. The van der Waals surface area contributed by atoms with Crippen molar-refractivity contribution in [3.63, 3.8) is 0 Å². The summed E-state index contributed by atoms with van der Waals surface area (Å²) in [5.41, 5.74) is 5.41. The number of ether oxygens (including phenoxy) is 2. The van der Waals surface area contributed by atoms with Crippen molar-refractivity contribution in [2.45, 2.75) is 347 Å². The van der Waals surface area contributed by atoms with Crippen LogP contribution in [0.3, 0.4) is 0 Å². The third-order valence-corrected chi connectivity index (χ3v) is 16.9. The number of rotatable bonds is 69. The number of nitrogens with two attached hydrogens (primary N) is 1. The second-order valence-corrected chi connectivity index (χ2v) is 25.9. The van der Waals surface area contributed by atoms with Crippen molar-refractivity contribution in [1.82, 2.24) is 0 Å². The Labute approximate surface area is 543 Å². The Morgan fingerprint density at radius 3 is 0.932 bits per heavy atom. The Kier molecular flexibility index (Phi) is 70.0. The van der Waals surface area contributed by atoms with E-state index >= 15 is 0 Å². The molecule has 0 spiro atoms. The Bertz CT molecular complexity index is 1810. The van der Waals surface area contributed by atoms with Crippen LogP contribution in [0.5, 0.6) is 0 Å². The van der Waals surface area contributed by atoms with Gasteiger partial charge in [0.15, 0.2) is 6.10 Å². The first-order valence-corrected chi connectivity index (χ1v) is 38.4. The lowest BCUT2D eigenvalue weighted by Crippen LogP contribution is -2.29. The highest BCUT2D eigenvalue weighted by Gasteiger charge is 2.26. The predicted octanol–water partition coefficient (Wildman–Crippen LogP) is 24.5. The molecular weight excluding hydrogens is 1110 g/mol. The van der Waals surface area contributed by atoms with Gasteiger partial charge in [0.1, 0.15) is 6.61 Å². The number of allylic oxidation sites excluding steroid dienone is 18. The molecule has 0 rings (SSSR count). The number of phosphoric ester groups is 1. The summed E-state index contributed by atoms with van der Waals surface area (Å²) >= 11 is 0. The van der Waals surface area contributed by atoms with Crippen LogP contribution in [-0.2, 0) is 32.7 Å². The lowest BCUT2D eigenvalue weighted by molar-refractivity contribution is -0.161. The summed E-state index contributed by atoms with van der Waals surface area (Å²) in [6.07, 6.45) is 100. The molecule has 0 saturated carbocycles. The number of carbonyl (C=O) groups excluding carboxylic acids is 2. The van der Waals surface area contributed by atoms with E-state index < -0.39 is 26.5 Å². The maximum absolute atomic E-state index is 12.8. The minimum absolute atomic E-state index is 0.0516. The maximum atomic E-state index is 12.8. The molecule has 0 aliphatic carbocycles. The van der Waals surface area contributed by atoms with Gasteiger partial charge >= 0.3 is 19.8 Å². The normalized spacial score (nSPS) is 13.5. The van der Waals surface area contributed by atoms with Crippen LogP contribution >= 0.6 is 7.82 Å². The molecule has 0 aliphatic heterocycles. The van der Waals surface area contributed by atoms with Gasteiger partial charge in [0.05, 0.1) is 13.2 Å². The zero-order chi connectivity index (χ0) is 63.7. The summed E-state index contributed by atoms with van der Waals surface area (Å²) in [6, 6.07) is 0. The summed E-state index contributed by atoms with van der Waals surface area (Å²) < 4.78 is 33.2. The summed E-state index contributed by atoms with van der Waals surface area (Å²) in [4.78, 5) is 35.4. The molecule has 0 saturated heterocycles. The molecule has 2 unspecified atom stereocenters. The van der Waals surface area contributed by atoms with Gasteiger partial charge in [0.25, 0.3) is 0 Å². The SMILES string of the molecule is CC/C=C\C/C=C\C/C=C\C/C=C\C/C=C\C/C=C\C/C=C\C/C=C\C/C=C\CCCCCCCCCCCCCCCC(=O)OC(COC(=O)CCCCCCCCCCCCCCCCCCCCCCCCCCCC)COP(=O)(O)OCCN. The molecule has 9 nitrogen and oxygen atoms in total. The Morgan fingerprint density at radius 1 is 0.352 bits per heavy atom. The molecule has 0 amide bonds. The first-order valence-electron chi connectivity index (χ1n) is 36.9. The quantitative estimate of drug-likeness (QED) is 0.0264. The largest absolute Gasteiger partial charge is 0.472 e. The first kappa shape index (κ1) is 84.7. The smallest absolute Gasteiger partial charge is 0.462 e. The van der Waals surface area contributed by atoms with E-state index in [0.29, 0.717) is 6.42 Å². The van der Waals surface area contributed by atoms with E-state index in [1.54, 1.807) is 0 Å². The molecular formula is C78H138NO8P. The number of hydrogen-bond donors (Lipinski definition) is 2. The summed E-state index contributed by atoms with van der Waals surface area (Å²) in [6.45, 7) is 3.68. The molecule has 0 aliphatic rings. The molecule has 0 aromatic rings. The van der Waals surface area contributed by atoms with Crippen LogP contribution in [0.2, 0.25) is 0 Å². The summed E-state index contributed by atoms with van der Waals surface area (Å²) in [7, 11) is -4.40. The average molecular weight is 1250 g/mol. The summed E-state index contributed by atoms with van der Waals surface area (Å²) in [5, 5.41) is 0. The molecule has 0 aromatic carbocycles. The topological polar surface area (TPSA) is 134 Å². The van der Waals surface area contributed by atoms with Crippen LogP contribution in [0.4, 0.5) is 0 Å². The van der Waals surface area contributed by atoms with Crippen LogP contribution in [0.25, 0.3) is 0 Å². The van der Waals surface area contributed by atoms with Crippen molar-refractivity contribution >= 4 is 19.8 Å². The van der Waals surface area contributed by atoms with Crippen molar-refractivity contribution in [2.24, 2.45) is 5.73 Å². The second kappa shape index (κ2) is 72.7. The molecule has 0 aromatic heterocycles. The molecule has 2 atom stereocenters. The lowest BCUT2D eigenvalue weighted by atomic mass is 10.0. The van der Waals surface area contributed by atoms with Gasteiger partial charge in [-0.05, 0) is 83.5 Å². The van der Waals surface area contributed by atoms with Gasteiger partial charge in [0.2, 0.25) is 0 Å². The third kappa shape index (κ3) is 71.7. The lowest BCUT2D eigenvalue weighted by Gasteiger charge is -2.19. The Morgan fingerprint density at radius 2 is 0.625 bits per heavy atom. The molecule has 0 fully saturated rings. The monoisotopic (exact) mass is 1250 g/mol. The van der Waals surface area contributed by atoms with Gasteiger partial charge in [-0.15, -0.1) is 0 Å². The minimum atomic E-state index is -4.40. The van der Waals surface area contributed by atoms with Crippen LogP contribution in [0, 0.1) is 0 Å². The fourth-order valence-electron chi connectivity index (χ4n) is 10.5. The molecule has 0 radical (unpaired) electrons. The van der Waals surface area contributed by atoms with Gasteiger partial charge in [-0.1, -0.05) is 354 Å². The minimum Gasteiger partial charge on any atom is -0.462 e. The Balaban J connectivity index is 3.87. The fourth-order valence-corrected chi connectivity index (χ4v) is 11.3. The molecule has 88 heavy (non-hydrogen) atoms. The van der Waals surface area contributed by atoms with Gasteiger partial charge in [-0.2, -0.15) is 0 Å². The molecule has 508 valence electrons. The number of esters is 2. The first-order chi connectivity index (χ1) is 43.3. The summed E-state index contributed by atoms with van der Waals surface area (Å²) in [5.74, 6) is -0.817. The van der Waals surface area contributed by atoms with E-state index in [1.807, 2.05) is 0 Å². The van der Waals surface area contributed by atoms with Crippen molar-refractivity contribution in [3.8, 4) is 0 Å². The van der Waals surface area contributed by atoms with Gasteiger partial charge in [-0.3, -0.25) is 18.6 Å². The Hall–Kier alpha value is -3.33. The average Bonchev–Trinajstić information content (AvgIpc) is 3.52. The van der Waals surface area contributed by atoms with Crippen molar-refractivity contribution < 1.29 is 37.6 Å². The van der Waals surface area contributed by atoms with E-state index in [0.717, 1.165) is 96.3 Å². The van der Waals surface area contributed by atoms with Gasteiger partial charge < -0.3 is 20.1 Å². The van der Waals surface area contributed by atoms with E-state index in [4.69, 9.17) is 24.3 Å². The zero-order valence-electron chi connectivity index (χ0n) is 57.2. The maximum Gasteiger partial charge on any atom is 0.472 e. The van der Waals surface area contributed by atoms with Crippen LogP contribution in [-0.4, -0.2) is 49.3 Å². The molecule has 0 heterocycles. The molecule has 3 N–H and O–H groups in total. The van der Waals surface area contributed by atoms with E-state index in [2.05, 4.69) is 123 Å². The second-order valence-electron chi connectivity index (χ2n) is 24.4. The number of unbranched alkanes of at least 4 members (excludes halogenated alkanes) is 38. The molecule has 10 heteroatoms. The van der Waals surface area contributed by atoms with Crippen molar-refractivity contribution in [3.05, 3.63) is 109 Å². The number of carbonyl (C=O) groups is 2. The van der Waals surface area contributed by atoms with E-state index in [1.165, 1.54) is 212 Å². The highest BCUT2D eigenvalue weighted by Crippen LogP contribution is 2.43. The third-order valence-electron chi connectivity index (χ3n) is 15.9. The van der Waals surface area contributed by atoms with Gasteiger partial charge in [0, 0.05) is 19.4 Å². The van der Waals surface area contributed by atoms with Crippen LogP contribution < -0.4 is 5.73 Å². The highest BCUT2D eigenvalue weighted by molar-refractivity contribution is 7.47. The fraction of sp³-hybridized carbons (Fsp3) is 0.744. The van der Waals surface area contributed by atoms with E-state index in [-0.39, 0.29) is 38.6 Å². The number of hydrogen-bond acceptors (Lipinski definition) is 8. The standard InChI is InChI=1S/C78H138NO8P/c1-3-5-7-9-11-13-15-17-19-21-23-25-27-29-31-32-33-34-35-36-37-38-39-40-41-42-43-44-45-47-49-51-53-55-57-59-61-63-65-67-69-71-78(81)87-76(75-86-88(82,83)85-73-72-79)74-84-77(80)70-68-66-64-62-60-58-56-54-52-50-48-46-30-28-26-24-22-20-18-16-14-12-10-8-6-4-2/h5,7,11,13,17,19,23,25,29,31,33-34,36-37,39-40,42-43,76H,3-4,6,8-10,12,14-16,18,20-22,24,26-28,30,32,35,38,41,44-75,79H2,1-2H3,(H,82,83)/b7-5-,13-11-,19-17-,25-23-,31-29-,34-33-,37-36-,40-39-,43-42-.